The first kappa shape index (κ1) is 13.9. The molecule has 0 aliphatic rings. The monoisotopic (exact) mass is 233 g/mol. The first-order chi connectivity index (χ1) is 8.13. The first-order valence-electron chi connectivity index (χ1n) is 6.40. The topological polar surface area (TPSA) is 20.3 Å². The molecule has 1 aromatic carbocycles. The average molecular weight is 233 g/mol. The van der Waals surface area contributed by atoms with Crippen molar-refractivity contribution in [2.24, 2.45) is 0 Å². The van der Waals surface area contributed by atoms with E-state index >= 15 is 0 Å². The van der Waals surface area contributed by atoms with Gasteiger partial charge in [0.25, 0.3) is 0 Å². The molecule has 0 spiro atoms. The number of carbonyl (C=O) groups is 1. The Kier molecular flexibility index (Phi) is 5.92. The number of nitrogens with zero attached hydrogens (tertiary/aromatic N) is 1. The number of carbonyl (C=O) groups excluding carboxylic acids is 1. The number of benzene rings is 1. The first-order valence-corrected chi connectivity index (χ1v) is 6.40. The number of hydrogen-bond donors (Lipinski definition) is 0. The summed E-state index contributed by atoms with van der Waals surface area (Å²) in [7, 11) is 3.97. The molecular formula is C15H23NO. The van der Waals surface area contributed by atoms with Crippen molar-refractivity contribution in [1.82, 2.24) is 4.90 Å². The van der Waals surface area contributed by atoms with Crippen LogP contribution in [-0.2, 0) is 6.42 Å². The van der Waals surface area contributed by atoms with Gasteiger partial charge < -0.3 is 4.90 Å². The molecule has 0 heterocycles. The molecule has 94 valence electrons. The fraction of sp³-hybridized carbons (Fsp3) is 0.533. The molecule has 17 heavy (non-hydrogen) atoms. The van der Waals surface area contributed by atoms with E-state index in [1.54, 1.807) is 0 Å². The number of aryl methyl sites for hydroxylation is 1. The number of ketones is 1. The van der Waals surface area contributed by atoms with Crippen LogP contribution in [-0.4, -0.2) is 31.3 Å². The molecule has 2 nitrogen and oxygen atoms in total. The van der Waals surface area contributed by atoms with Crippen LogP contribution in [0.2, 0.25) is 0 Å². The van der Waals surface area contributed by atoms with Crippen LogP contribution in [0.1, 0.15) is 42.1 Å². The minimum Gasteiger partial charge on any atom is -0.309 e. The molecule has 0 radical (unpaired) electrons. The fourth-order valence-electron chi connectivity index (χ4n) is 1.71. The highest BCUT2D eigenvalue weighted by atomic mass is 16.1. The zero-order valence-electron chi connectivity index (χ0n) is 11.2. The maximum atomic E-state index is 11.8. The molecule has 1 rings (SSSR count). The highest BCUT2D eigenvalue weighted by Crippen LogP contribution is 2.09. The Hall–Kier alpha value is -1.15. The Morgan fingerprint density at radius 1 is 1.18 bits per heavy atom. The molecule has 0 amide bonds. The van der Waals surface area contributed by atoms with Gasteiger partial charge in [0.1, 0.15) is 0 Å². The highest BCUT2D eigenvalue weighted by Gasteiger charge is 2.05. The predicted octanol–water partition coefficient (Wildman–Crippen LogP) is 3.16. The minimum absolute atomic E-state index is 0.237. The van der Waals surface area contributed by atoms with Crippen molar-refractivity contribution < 1.29 is 4.79 Å². The van der Waals surface area contributed by atoms with Crippen molar-refractivity contribution in [2.45, 2.75) is 32.6 Å². The summed E-state index contributed by atoms with van der Waals surface area (Å²) in [4.78, 5) is 13.9. The molecule has 0 N–H and O–H groups in total. The maximum Gasteiger partial charge on any atom is 0.164 e. The summed E-state index contributed by atoms with van der Waals surface area (Å²) in [6.07, 6.45) is 4.14. The van der Waals surface area contributed by atoms with Crippen LogP contribution < -0.4 is 0 Å². The van der Waals surface area contributed by atoms with Crippen LogP contribution in [0.25, 0.3) is 0 Å². The zero-order valence-corrected chi connectivity index (χ0v) is 11.2. The molecule has 0 fully saturated rings. The minimum atomic E-state index is 0.237. The summed E-state index contributed by atoms with van der Waals surface area (Å²) < 4.78 is 0. The van der Waals surface area contributed by atoms with E-state index in [1.807, 2.05) is 31.1 Å². The van der Waals surface area contributed by atoms with Crippen LogP contribution in [0, 0.1) is 0 Å². The van der Waals surface area contributed by atoms with Crippen molar-refractivity contribution in [3.8, 4) is 0 Å². The molecule has 0 saturated carbocycles. The standard InChI is InChI=1S/C15H23NO/c1-4-5-6-13-7-9-14(10-8-13)15(17)11-12-16(2)3/h7-10H,4-6,11-12H2,1-3H3. The van der Waals surface area contributed by atoms with Gasteiger partial charge in [0.05, 0.1) is 0 Å². The van der Waals surface area contributed by atoms with E-state index < -0.39 is 0 Å². The molecule has 0 aliphatic carbocycles. The Labute approximate surface area is 105 Å². The number of hydrogen-bond acceptors (Lipinski definition) is 2. The maximum absolute atomic E-state index is 11.8. The van der Waals surface area contributed by atoms with Gasteiger partial charge in [0.2, 0.25) is 0 Å². The summed E-state index contributed by atoms with van der Waals surface area (Å²) in [6, 6.07) is 8.09. The summed E-state index contributed by atoms with van der Waals surface area (Å²) in [5.41, 5.74) is 2.17. The van der Waals surface area contributed by atoms with Crippen molar-refractivity contribution in [3.05, 3.63) is 35.4 Å². The molecule has 2 heteroatoms. The SMILES string of the molecule is CCCCc1ccc(C(=O)CCN(C)C)cc1. The smallest absolute Gasteiger partial charge is 0.164 e. The summed E-state index contributed by atoms with van der Waals surface area (Å²) >= 11 is 0. The second kappa shape index (κ2) is 7.23. The largest absolute Gasteiger partial charge is 0.309 e. The molecule has 0 unspecified atom stereocenters. The summed E-state index contributed by atoms with van der Waals surface area (Å²) in [5, 5.41) is 0. The summed E-state index contributed by atoms with van der Waals surface area (Å²) in [6.45, 7) is 3.01. The van der Waals surface area contributed by atoms with E-state index in [4.69, 9.17) is 0 Å². The number of unbranched alkanes of at least 4 members (excludes halogenated alkanes) is 1. The van der Waals surface area contributed by atoms with Gasteiger partial charge in [-0.25, -0.2) is 0 Å². The molecule has 1 aromatic rings. The van der Waals surface area contributed by atoms with Gasteiger partial charge in [0.15, 0.2) is 5.78 Å². The third kappa shape index (κ3) is 5.14. The average Bonchev–Trinajstić information content (AvgIpc) is 2.34. The van der Waals surface area contributed by atoms with E-state index in [2.05, 4.69) is 19.1 Å². The van der Waals surface area contributed by atoms with Crippen LogP contribution in [0.3, 0.4) is 0 Å². The second-order valence-corrected chi connectivity index (χ2v) is 4.78. The van der Waals surface area contributed by atoms with E-state index in [9.17, 15) is 4.79 Å². The van der Waals surface area contributed by atoms with Gasteiger partial charge >= 0.3 is 0 Å². The Morgan fingerprint density at radius 3 is 2.35 bits per heavy atom. The van der Waals surface area contributed by atoms with Crippen molar-refractivity contribution >= 4 is 5.78 Å². The number of rotatable bonds is 7. The van der Waals surface area contributed by atoms with Crippen LogP contribution in [0.15, 0.2) is 24.3 Å². The van der Waals surface area contributed by atoms with Gasteiger partial charge in [-0.3, -0.25) is 4.79 Å². The fourth-order valence-corrected chi connectivity index (χ4v) is 1.71. The number of Topliss-reactive ketones (excluding diaryl/α,β-unsaturated/α-hetero) is 1. The Balaban J connectivity index is 2.51. The molecular weight excluding hydrogens is 210 g/mol. The Morgan fingerprint density at radius 2 is 1.82 bits per heavy atom. The van der Waals surface area contributed by atoms with Gasteiger partial charge in [-0.2, -0.15) is 0 Å². The quantitative estimate of drug-likeness (QED) is 0.674. The van der Waals surface area contributed by atoms with E-state index in [0.717, 1.165) is 18.5 Å². The lowest BCUT2D eigenvalue weighted by atomic mass is 10.0. The lowest BCUT2D eigenvalue weighted by Gasteiger charge is -2.08. The molecule has 0 bridgehead atoms. The predicted molar refractivity (Wildman–Crippen MR) is 72.6 cm³/mol. The van der Waals surface area contributed by atoms with Gasteiger partial charge in [0, 0.05) is 18.5 Å². The van der Waals surface area contributed by atoms with Gasteiger partial charge in [-0.1, -0.05) is 37.6 Å². The normalized spacial score (nSPS) is 10.8. The third-order valence-electron chi connectivity index (χ3n) is 2.88. The second-order valence-electron chi connectivity index (χ2n) is 4.78. The highest BCUT2D eigenvalue weighted by molar-refractivity contribution is 5.96. The van der Waals surface area contributed by atoms with Crippen LogP contribution in [0.4, 0.5) is 0 Å². The Bertz CT molecular complexity index is 340. The van der Waals surface area contributed by atoms with E-state index in [-0.39, 0.29) is 5.78 Å². The molecule has 0 aliphatic heterocycles. The van der Waals surface area contributed by atoms with E-state index in [0.29, 0.717) is 6.42 Å². The van der Waals surface area contributed by atoms with Crippen molar-refractivity contribution in [1.29, 1.82) is 0 Å². The van der Waals surface area contributed by atoms with Crippen LogP contribution in [0.5, 0.6) is 0 Å². The third-order valence-corrected chi connectivity index (χ3v) is 2.88. The zero-order chi connectivity index (χ0) is 12.7. The van der Waals surface area contributed by atoms with Gasteiger partial charge in [-0.05, 0) is 32.5 Å². The van der Waals surface area contributed by atoms with E-state index in [1.165, 1.54) is 18.4 Å². The summed E-state index contributed by atoms with van der Waals surface area (Å²) in [5.74, 6) is 0.237. The van der Waals surface area contributed by atoms with Crippen molar-refractivity contribution in [2.75, 3.05) is 20.6 Å². The van der Waals surface area contributed by atoms with Crippen LogP contribution >= 0.6 is 0 Å². The lowest BCUT2D eigenvalue weighted by molar-refractivity contribution is 0.0972. The molecule has 0 atom stereocenters. The van der Waals surface area contributed by atoms with Gasteiger partial charge in [-0.15, -0.1) is 0 Å². The molecule has 0 saturated heterocycles. The van der Waals surface area contributed by atoms with Crippen molar-refractivity contribution in [3.63, 3.8) is 0 Å². The molecule has 0 aromatic heterocycles. The lowest BCUT2D eigenvalue weighted by Crippen LogP contribution is -2.16.